The molecule has 3 heterocycles. The zero-order valence-corrected chi connectivity index (χ0v) is 18.7. The summed E-state index contributed by atoms with van der Waals surface area (Å²) in [7, 11) is 3.10. The fraction of sp³-hybridized carbons (Fsp3) is 0.174. The molecule has 0 fully saturated rings. The molecule has 33 heavy (non-hydrogen) atoms. The lowest BCUT2D eigenvalue weighted by atomic mass is 10.0. The second kappa shape index (κ2) is 8.18. The molecule has 2 aromatic heterocycles. The number of nitrogens with zero attached hydrogens (tertiary/aromatic N) is 3. The van der Waals surface area contributed by atoms with Crippen LogP contribution in [-0.2, 0) is 6.54 Å². The van der Waals surface area contributed by atoms with Crippen molar-refractivity contribution in [1.29, 1.82) is 0 Å². The summed E-state index contributed by atoms with van der Waals surface area (Å²) in [5, 5.41) is 12.2. The summed E-state index contributed by atoms with van der Waals surface area (Å²) in [4.78, 5) is 17.3. The molecule has 0 atom stereocenters. The summed E-state index contributed by atoms with van der Waals surface area (Å²) in [5.74, 6) is 0.788. The van der Waals surface area contributed by atoms with Crippen LogP contribution < -0.4 is 25.8 Å². The molecular weight excluding hydrogens is 444 g/mol. The van der Waals surface area contributed by atoms with E-state index < -0.39 is 0 Å². The zero-order chi connectivity index (χ0) is 23.1. The topological polar surface area (TPSA) is 116 Å². The van der Waals surface area contributed by atoms with E-state index in [9.17, 15) is 4.79 Å². The molecule has 1 aliphatic rings. The largest absolute Gasteiger partial charge is 0.495 e. The number of fused-ring (bicyclic) bond motifs is 2. The highest BCUT2D eigenvalue weighted by molar-refractivity contribution is 6.32. The number of ether oxygens (including phenoxy) is 2. The Labute approximate surface area is 194 Å². The molecule has 0 unspecified atom stereocenters. The highest BCUT2D eigenvalue weighted by Crippen LogP contribution is 2.41. The lowest BCUT2D eigenvalue weighted by Gasteiger charge is -2.17. The van der Waals surface area contributed by atoms with Crippen LogP contribution in [0.4, 0.5) is 17.1 Å². The van der Waals surface area contributed by atoms with E-state index in [-0.39, 0.29) is 5.91 Å². The molecule has 10 heteroatoms. The number of nitrogens with one attached hydrogen (secondary N) is 2. The first-order valence-electron chi connectivity index (χ1n) is 10.2. The van der Waals surface area contributed by atoms with Gasteiger partial charge in [0.1, 0.15) is 17.1 Å². The molecule has 168 valence electrons. The minimum Gasteiger partial charge on any atom is -0.495 e. The van der Waals surface area contributed by atoms with E-state index in [0.29, 0.717) is 63.6 Å². The second-order valence-electron chi connectivity index (χ2n) is 7.47. The van der Waals surface area contributed by atoms with E-state index in [2.05, 4.69) is 15.6 Å². The number of anilines is 3. The quantitative estimate of drug-likeness (QED) is 0.384. The van der Waals surface area contributed by atoms with Gasteiger partial charge >= 0.3 is 0 Å². The number of hydrogen-bond donors (Lipinski definition) is 3. The number of halogens is 1. The maximum absolute atomic E-state index is 12.8. The molecule has 1 aliphatic heterocycles. The molecule has 5 rings (SSSR count). The van der Waals surface area contributed by atoms with Crippen LogP contribution in [0.3, 0.4) is 0 Å². The predicted molar refractivity (Wildman–Crippen MR) is 128 cm³/mol. The van der Waals surface area contributed by atoms with Gasteiger partial charge in [-0.05, 0) is 24.3 Å². The highest BCUT2D eigenvalue weighted by atomic mass is 35.5. The van der Waals surface area contributed by atoms with Crippen molar-refractivity contribution >= 4 is 45.5 Å². The third-order valence-corrected chi connectivity index (χ3v) is 5.85. The third kappa shape index (κ3) is 3.46. The van der Waals surface area contributed by atoms with Gasteiger partial charge in [0.05, 0.1) is 48.4 Å². The highest BCUT2D eigenvalue weighted by Gasteiger charge is 2.29. The number of pyridine rings is 1. The van der Waals surface area contributed by atoms with Crippen molar-refractivity contribution in [2.45, 2.75) is 6.54 Å². The maximum Gasteiger partial charge on any atom is 0.271 e. The number of methoxy groups -OCH3 is 2. The minimum atomic E-state index is -0.219. The molecule has 0 radical (unpaired) electrons. The Balaban J connectivity index is 1.76. The Morgan fingerprint density at radius 1 is 1.21 bits per heavy atom. The molecule has 0 saturated carbocycles. The van der Waals surface area contributed by atoms with Crippen molar-refractivity contribution in [3.63, 3.8) is 0 Å². The lowest BCUT2D eigenvalue weighted by Crippen LogP contribution is -2.35. The Morgan fingerprint density at radius 3 is 2.85 bits per heavy atom. The number of nitrogen functional groups attached to an aromatic ring is 1. The van der Waals surface area contributed by atoms with Crippen LogP contribution in [0.1, 0.15) is 10.5 Å². The molecular formula is C23H21ClN6O3. The number of nitrogens with two attached hydrogens (primary N) is 1. The van der Waals surface area contributed by atoms with Crippen molar-refractivity contribution in [2.24, 2.45) is 0 Å². The SMILES string of the molecule is COc1cc2nccc(-c3nn4c(c3Nc3cccc(Cl)c3OC)C(=O)NCC4)c2cc1N. The van der Waals surface area contributed by atoms with Gasteiger partial charge in [0.2, 0.25) is 0 Å². The Hall–Kier alpha value is -3.98. The zero-order valence-electron chi connectivity index (χ0n) is 18.0. The molecule has 1 amide bonds. The number of rotatable bonds is 5. The van der Waals surface area contributed by atoms with Crippen molar-refractivity contribution in [3.05, 3.63) is 53.3 Å². The van der Waals surface area contributed by atoms with Gasteiger partial charge in [-0.3, -0.25) is 14.5 Å². The molecule has 4 aromatic rings. The summed E-state index contributed by atoms with van der Waals surface area (Å²) in [6.45, 7) is 1.04. The number of amides is 1. The van der Waals surface area contributed by atoms with Gasteiger partial charge in [0, 0.05) is 29.8 Å². The molecule has 0 aliphatic carbocycles. The first kappa shape index (κ1) is 20.9. The second-order valence-corrected chi connectivity index (χ2v) is 7.87. The first-order chi connectivity index (χ1) is 16.0. The van der Waals surface area contributed by atoms with Crippen LogP contribution in [0.5, 0.6) is 11.5 Å². The van der Waals surface area contributed by atoms with Crippen molar-refractivity contribution < 1.29 is 14.3 Å². The summed E-state index contributed by atoms with van der Waals surface area (Å²) in [6, 6.07) is 10.8. The number of benzene rings is 2. The van der Waals surface area contributed by atoms with Gasteiger partial charge in [-0.15, -0.1) is 0 Å². The van der Waals surface area contributed by atoms with Crippen LogP contribution in [0.25, 0.3) is 22.2 Å². The van der Waals surface area contributed by atoms with E-state index in [1.54, 1.807) is 49.4 Å². The van der Waals surface area contributed by atoms with E-state index in [4.69, 9.17) is 31.9 Å². The van der Waals surface area contributed by atoms with E-state index in [1.165, 1.54) is 0 Å². The van der Waals surface area contributed by atoms with Crippen molar-refractivity contribution in [2.75, 3.05) is 31.8 Å². The smallest absolute Gasteiger partial charge is 0.271 e. The first-order valence-corrected chi connectivity index (χ1v) is 10.6. The van der Waals surface area contributed by atoms with Crippen molar-refractivity contribution in [3.8, 4) is 22.8 Å². The fourth-order valence-electron chi connectivity index (χ4n) is 4.04. The summed E-state index contributed by atoms with van der Waals surface area (Å²) in [6.07, 6.45) is 1.69. The Bertz CT molecular complexity index is 1400. The lowest BCUT2D eigenvalue weighted by molar-refractivity contribution is 0.0925. The third-order valence-electron chi connectivity index (χ3n) is 5.56. The molecule has 0 saturated heterocycles. The van der Waals surface area contributed by atoms with Gasteiger partial charge in [-0.1, -0.05) is 17.7 Å². The van der Waals surface area contributed by atoms with Crippen LogP contribution >= 0.6 is 11.6 Å². The Morgan fingerprint density at radius 2 is 2.06 bits per heavy atom. The van der Waals surface area contributed by atoms with E-state index in [0.717, 1.165) is 10.9 Å². The molecule has 9 nitrogen and oxygen atoms in total. The normalized spacial score (nSPS) is 12.9. The monoisotopic (exact) mass is 464 g/mol. The van der Waals surface area contributed by atoms with Gasteiger partial charge in [-0.2, -0.15) is 5.10 Å². The standard InChI is InChI=1S/C23H21ClN6O3/c1-32-18-11-17-13(10-15(18)25)12(6-7-26-17)19-20(21-23(31)27-8-9-30(21)29-19)28-16-5-3-4-14(24)22(16)33-2/h3-7,10-11,28H,8-9,25H2,1-2H3,(H,27,31). The van der Waals surface area contributed by atoms with Gasteiger partial charge in [0.25, 0.3) is 5.91 Å². The molecule has 0 bridgehead atoms. The average molecular weight is 465 g/mol. The summed E-state index contributed by atoms with van der Waals surface area (Å²) < 4.78 is 12.5. The van der Waals surface area contributed by atoms with E-state index in [1.807, 2.05) is 12.1 Å². The maximum atomic E-state index is 12.8. The Kier molecular flexibility index (Phi) is 5.18. The molecule has 0 spiro atoms. The minimum absolute atomic E-state index is 0.219. The number of para-hydroxylation sites is 1. The summed E-state index contributed by atoms with van der Waals surface area (Å²) >= 11 is 6.32. The van der Waals surface area contributed by atoms with Crippen LogP contribution in [-0.4, -0.2) is 41.4 Å². The van der Waals surface area contributed by atoms with Gasteiger partial charge in [0.15, 0.2) is 5.75 Å². The fourth-order valence-corrected chi connectivity index (χ4v) is 4.30. The van der Waals surface area contributed by atoms with E-state index >= 15 is 0 Å². The number of hydrogen-bond acceptors (Lipinski definition) is 7. The summed E-state index contributed by atoms with van der Waals surface area (Å²) in [5.41, 5.74) is 10.3. The predicted octanol–water partition coefficient (Wildman–Crippen LogP) is 3.84. The van der Waals surface area contributed by atoms with Gasteiger partial charge < -0.3 is 25.8 Å². The molecule has 2 aromatic carbocycles. The number of carbonyl (C=O) groups excluding carboxylic acids is 1. The van der Waals surface area contributed by atoms with Crippen LogP contribution in [0.2, 0.25) is 5.02 Å². The van der Waals surface area contributed by atoms with Crippen LogP contribution in [0.15, 0.2) is 42.6 Å². The number of aromatic nitrogens is 3. The molecule has 4 N–H and O–H groups in total. The number of carbonyl (C=O) groups is 1. The van der Waals surface area contributed by atoms with Crippen molar-refractivity contribution in [1.82, 2.24) is 20.1 Å². The van der Waals surface area contributed by atoms with Gasteiger partial charge in [-0.25, -0.2) is 0 Å². The average Bonchev–Trinajstić information content (AvgIpc) is 3.17. The van der Waals surface area contributed by atoms with Crippen LogP contribution in [0, 0.1) is 0 Å².